The molecule has 3 N–H and O–H groups in total. The predicted molar refractivity (Wildman–Crippen MR) is 176 cm³/mol. The number of rotatable bonds is 9. The minimum absolute atomic E-state index is 0.130. The Balaban J connectivity index is 1.28. The number of para-hydroxylation sites is 1. The van der Waals surface area contributed by atoms with Crippen molar-refractivity contribution in [3.8, 4) is 0 Å². The van der Waals surface area contributed by atoms with Crippen molar-refractivity contribution in [2.75, 3.05) is 6.26 Å². The number of benzene rings is 1. The van der Waals surface area contributed by atoms with Crippen LogP contribution >= 0.6 is 11.8 Å². The van der Waals surface area contributed by atoms with Crippen molar-refractivity contribution >= 4 is 28.6 Å². The van der Waals surface area contributed by atoms with Crippen molar-refractivity contribution in [3.63, 3.8) is 0 Å². The number of nitrogens with one attached hydrogen (secondary N) is 3. The number of aromatic nitrogens is 2. The molecule has 3 aromatic rings. The average molecular weight is 589 g/mol. The molecule has 0 radical (unpaired) electrons. The number of aryl methyl sites for hydroxylation is 1. The van der Waals surface area contributed by atoms with Gasteiger partial charge in [0.25, 0.3) is 11.5 Å². The third kappa shape index (κ3) is 6.28. The summed E-state index contributed by atoms with van der Waals surface area (Å²) in [7, 11) is 0. The first-order valence-corrected chi connectivity index (χ1v) is 16.8. The van der Waals surface area contributed by atoms with Crippen LogP contribution in [0.4, 0.5) is 0 Å². The topological polar surface area (TPSA) is 78.9 Å². The number of hydrogen-bond donors (Lipinski definition) is 3. The summed E-state index contributed by atoms with van der Waals surface area (Å²) < 4.78 is 2.39. The van der Waals surface area contributed by atoms with Gasteiger partial charge in [0.05, 0.1) is 5.56 Å². The Morgan fingerprint density at radius 2 is 1.86 bits per heavy atom. The molecule has 1 atom stereocenters. The van der Waals surface area contributed by atoms with Crippen molar-refractivity contribution < 1.29 is 4.79 Å². The summed E-state index contributed by atoms with van der Waals surface area (Å²) >= 11 is 1.53. The van der Waals surface area contributed by atoms with Gasteiger partial charge in [0.1, 0.15) is 0 Å². The van der Waals surface area contributed by atoms with Crippen molar-refractivity contribution in [2.24, 2.45) is 11.8 Å². The predicted octanol–water partition coefficient (Wildman–Crippen LogP) is 7.44. The maximum absolute atomic E-state index is 13.7. The van der Waals surface area contributed by atoms with E-state index in [0.717, 1.165) is 33.1 Å². The number of aromatic amines is 1. The maximum atomic E-state index is 13.7. The summed E-state index contributed by atoms with van der Waals surface area (Å²) in [4.78, 5) is 30.1. The second-order valence-electron chi connectivity index (χ2n) is 13.3. The molecule has 2 fully saturated rings. The summed E-state index contributed by atoms with van der Waals surface area (Å²) in [5, 5.41) is 8.06. The molecule has 0 saturated heterocycles. The van der Waals surface area contributed by atoms with E-state index >= 15 is 0 Å². The van der Waals surface area contributed by atoms with Crippen LogP contribution in [0, 0.1) is 25.7 Å². The van der Waals surface area contributed by atoms with Crippen molar-refractivity contribution in [1.29, 1.82) is 0 Å². The third-order valence-corrected chi connectivity index (χ3v) is 10.5. The molecule has 7 heteroatoms. The molecular formula is C35H48N4O2S. The first kappa shape index (κ1) is 30.7. The Hall–Kier alpha value is -2.77. The molecule has 1 amide bonds. The van der Waals surface area contributed by atoms with E-state index < -0.39 is 0 Å². The Labute approximate surface area is 255 Å². The number of nitrogens with zero attached hydrogens (tertiary/aromatic N) is 1. The molecule has 5 rings (SSSR count). The monoisotopic (exact) mass is 588 g/mol. The minimum atomic E-state index is -0.142. The van der Waals surface area contributed by atoms with Crippen molar-refractivity contribution in [3.05, 3.63) is 74.8 Å². The minimum Gasteiger partial charge on any atom is -0.348 e. The van der Waals surface area contributed by atoms with Gasteiger partial charge in [-0.3, -0.25) is 9.59 Å². The Morgan fingerprint density at radius 3 is 2.52 bits per heavy atom. The van der Waals surface area contributed by atoms with E-state index in [1.54, 1.807) is 0 Å². The summed E-state index contributed by atoms with van der Waals surface area (Å²) in [6, 6.07) is 11.1. The molecule has 0 unspecified atom stereocenters. The molecule has 0 aliphatic heterocycles. The first-order chi connectivity index (χ1) is 20.0. The van der Waals surface area contributed by atoms with Crippen LogP contribution in [0.25, 0.3) is 10.9 Å². The number of carbonyl (C=O) groups is 1. The Morgan fingerprint density at radius 1 is 1.17 bits per heavy atom. The Bertz CT molecular complexity index is 1530. The lowest BCUT2D eigenvalue weighted by Gasteiger charge is -2.48. The largest absolute Gasteiger partial charge is 0.348 e. The Kier molecular flexibility index (Phi) is 9.10. The van der Waals surface area contributed by atoms with Crippen LogP contribution in [-0.4, -0.2) is 33.3 Å². The van der Waals surface area contributed by atoms with Crippen molar-refractivity contribution in [2.45, 2.75) is 109 Å². The zero-order chi connectivity index (χ0) is 30.2. The standard InChI is InChI=1S/C35H48N4O2S/c1-21(2)16-25-18-35(6,19-25)38-27-14-12-26(13-15-27)23(4)39-24(5)32(28-10-8-9-11-30(28)39)34(41)36-20-29-31(42-7)17-22(3)37-33(29)40/h8-11,16-17,23,25-27,38H,12-15,18-20H2,1-7H3,(H,36,41)(H,37,40)/t23-,25?,26?,27?,35?/m1/s1. The molecule has 0 spiro atoms. The quantitative estimate of drug-likeness (QED) is 0.179. The lowest BCUT2D eigenvalue weighted by atomic mass is 9.68. The van der Waals surface area contributed by atoms with E-state index in [1.807, 2.05) is 25.3 Å². The maximum Gasteiger partial charge on any atom is 0.254 e. The number of carbonyl (C=O) groups excluding carboxylic acids is 1. The lowest BCUT2D eigenvalue weighted by molar-refractivity contribution is 0.0951. The number of pyridine rings is 1. The van der Waals surface area contributed by atoms with E-state index in [2.05, 4.69) is 79.1 Å². The molecule has 6 nitrogen and oxygen atoms in total. The van der Waals surface area contributed by atoms with E-state index in [9.17, 15) is 9.59 Å². The lowest BCUT2D eigenvalue weighted by Crippen LogP contribution is -2.56. The molecule has 226 valence electrons. The van der Waals surface area contributed by atoms with E-state index in [0.29, 0.717) is 29.1 Å². The van der Waals surface area contributed by atoms with Crippen molar-refractivity contribution in [1.82, 2.24) is 20.2 Å². The number of thioether (sulfide) groups is 1. The van der Waals surface area contributed by atoms with Gasteiger partial charge in [0, 0.05) is 56.9 Å². The highest BCUT2D eigenvalue weighted by Gasteiger charge is 2.41. The highest BCUT2D eigenvalue weighted by Crippen LogP contribution is 2.42. The SMILES string of the molecule is CSc1cc(C)[nH]c(=O)c1CNC(=O)c1c(C)n([C@H](C)C2CCC(NC3(C)CC(C=C(C)C)C3)CC2)c2ccccc12. The van der Waals surface area contributed by atoms with Gasteiger partial charge < -0.3 is 20.2 Å². The summed E-state index contributed by atoms with van der Waals surface area (Å²) in [5.74, 6) is 1.16. The zero-order valence-electron chi connectivity index (χ0n) is 26.4. The van der Waals surface area contributed by atoms with Crippen LogP contribution in [0.1, 0.15) is 99.6 Å². The smallest absolute Gasteiger partial charge is 0.254 e. The van der Waals surface area contributed by atoms with Crippen LogP contribution in [0.3, 0.4) is 0 Å². The van der Waals surface area contributed by atoms with Gasteiger partial charge in [-0.2, -0.15) is 0 Å². The zero-order valence-corrected chi connectivity index (χ0v) is 27.2. The fourth-order valence-corrected chi connectivity index (χ4v) is 8.46. The number of hydrogen-bond acceptors (Lipinski definition) is 4. The van der Waals surface area contributed by atoms with Gasteiger partial charge in [0.2, 0.25) is 0 Å². The fraction of sp³-hybridized carbons (Fsp3) is 0.543. The summed E-state index contributed by atoms with van der Waals surface area (Å²) in [6.07, 6.45) is 11.6. The van der Waals surface area contributed by atoms with E-state index in [-0.39, 0.29) is 23.6 Å². The van der Waals surface area contributed by atoms with Gasteiger partial charge in [-0.1, -0.05) is 29.8 Å². The average Bonchev–Trinajstić information content (AvgIpc) is 3.22. The number of allylic oxidation sites excluding steroid dienone is 2. The molecule has 0 bridgehead atoms. The molecule has 2 saturated carbocycles. The van der Waals surface area contributed by atoms with Gasteiger partial charge in [-0.05, 0) is 110 Å². The van der Waals surface area contributed by atoms with Crippen LogP contribution in [-0.2, 0) is 6.54 Å². The molecule has 2 aliphatic carbocycles. The van der Waals surface area contributed by atoms with Gasteiger partial charge >= 0.3 is 0 Å². The summed E-state index contributed by atoms with van der Waals surface area (Å²) in [5.41, 5.74) is 5.80. The molecule has 2 aliphatic rings. The number of amides is 1. The fourth-order valence-electron chi connectivity index (χ4n) is 7.75. The first-order valence-electron chi connectivity index (χ1n) is 15.6. The summed E-state index contributed by atoms with van der Waals surface area (Å²) in [6.45, 7) is 13.3. The molecular weight excluding hydrogens is 540 g/mol. The number of fused-ring (bicyclic) bond motifs is 1. The highest BCUT2D eigenvalue weighted by atomic mass is 32.2. The number of H-pyrrole nitrogens is 1. The van der Waals surface area contributed by atoms with Gasteiger partial charge in [-0.25, -0.2) is 0 Å². The molecule has 2 heterocycles. The second kappa shape index (κ2) is 12.5. The van der Waals surface area contributed by atoms with Crippen LogP contribution in [0.15, 0.2) is 51.7 Å². The highest BCUT2D eigenvalue weighted by molar-refractivity contribution is 7.98. The van der Waals surface area contributed by atoms with Crippen LogP contribution < -0.4 is 16.2 Å². The molecule has 42 heavy (non-hydrogen) atoms. The third-order valence-electron chi connectivity index (χ3n) is 9.67. The molecule has 1 aromatic carbocycles. The van der Waals surface area contributed by atoms with Gasteiger partial charge in [0.15, 0.2) is 0 Å². The van der Waals surface area contributed by atoms with E-state index in [4.69, 9.17) is 0 Å². The normalized spacial score (nSPS) is 24.7. The van der Waals surface area contributed by atoms with Crippen LogP contribution in [0.2, 0.25) is 0 Å². The van der Waals surface area contributed by atoms with Gasteiger partial charge in [-0.15, -0.1) is 11.8 Å². The van der Waals surface area contributed by atoms with E-state index in [1.165, 1.54) is 55.9 Å². The second-order valence-corrected chi connectivity index (χ2v) is 14.2. The van der Waals surface area contributed by atoms with Crippen LogP contribution in [0.5, 0.6) is 0 Å². The molecule has 2 aromatic heterocycles.